The topological polar surface area (TPSA) is 104 Å². The molecule has 0 aliphatic carbocycles. The van der Waals surface area contributed by atoms with Crippen molar-refractivity contribution in [1.29, 1.82) is 0 Å². The van der Waals surface area contributed by atoms with Gasteiger partial charge < -0.3 is 19.8 Å². The minimum atomic E-state index is -4.89. The van der Waals surface area contributed by atoms with E-state index in [1.54, 1.807) is 6.92 Å². The Hall–Kier alpha value is 3.34. The van der Waals surface area contributed by atoms with E-state index in [1.807, 2.05) is 0 Å². The largest absolute Gasteiger partial charge is 1.00 e. The minimum absolute atomic E-state index is 0. The molecule has 0 radical (unpaired) electrons. The molecule has 0 atom stereocenters. The van der Waals surface area contributed by atoms with Crippen molar-refractivity contribution in [3.63, 3.8) is 0 Å². The summed E-state index contributed by atoms with van der Waals surface area (Å²) in [7, 11) is -4.89. The Morgan fingerprint density at radius 2 is 1.40 bits per heavy atom. The summed E-state index contributed by atoms with van der Waals surface area (Å²) in [5, 5.41) is 8.93. The number of hydrogen-bond acceptors (Lipinski definition) is 3. The molecule has 8 heteroatoms. The van der Waals surface area contributed by atoms with Crippen molar-refractivity contribution in [1.82, 2.24) is 0 Å². The quantitative estimate of drug-likeness (QED) is 0.312. The predicted octanol–water partition coefficient (Wildman–Crippen LogP) is -8.19. The van der Waals surface area contributed by atoms with E-state index in [1.165, 1.54) is 0 Å². The second-order valence-corrected chi connectivity index (χ2v) is 1.76. The van der Waals surface area contributed by atoms with E-state index < -0.39 is 7.82 Å². The number of hydrogen-bond donors (Lipinski definition) is 2. The first-order valence-corrected chi connectivity index (χ1v) is 3.29. The third-order valence-electron chi connectivity index (χ3n) is 0. The fraction of sp³-hybridized carbons (Fsp3) is 1.00. The zero-order valence-corrected chi connectivity index (χ0v) is 13.4. The molecule has 0 aliphatic rings. The smallest absolute Gasteiger partial charge is 0.855 e. The molecule has 0 fully saturated rings. The van der Waals surface area contributed by atoms with Crippen LogP contribution in [0.25, 0.3) is 0 Å². The summed E-state index contributed by atoms with van der Waals surface area (Å²) in [5.41, 5.74) is 0. The molecule has 0 aliphatic heterocycles. The predicted molar refractivity (Wildman–Crippen MR) is 22.6 cm³/mol. The van der Waals surface area contributed by atoms with Crippen molar-refractivity contribution < 1.29 is 127 Å². The molecule has 52 valence electrons. The molecule has 0 rings (SSSR count). The Bertz CT molecular complexity index is 73.5. The fourth-order valence-corrected chi connectivity index (χ4v) is 0. The van der Waals surface area contributed by atoms with Crippen molar-refractivity contribution >= 4 is 7.82 Å². The monoisotopic (exact) mass is 220 g/mol. The van der Waals surface area contributed by atoms with Gasteiger partial charge in [-0.15, -0.1) is 6.61 Å². The summed E-state index contributed by atoms with van der Waals surface area (Å²) >= 11 is 0. The van der Waals surface area contributed by atoms with Crippen LogP contribution in [0, 0.1) is 0 Å². The summed E-state index contributed by atoms with van der Waals surface area (Å²) in [6.45, 7) is 1.57. The van der Waals surface area contributed by atoms with Crippen LogP contribution in [0.4, 0.5) is 0 Å². The summed E-state index contributed by atoms with van der Waals surface area (Å²) < 4.78 is 8.77. The van der Waals surface area contributed by atoms with Crippen LogP contribution < -0.4 is 113 Å². The van der Waals surface area contributed by atoms with Crippen LogP contribution in [-0.4, -0.2) is 16.4 Å². The second-order valence-electron chi connectivity index (χ2n) is 0.779. The van der Waals surface area contributed by atoms with Crippen molar-refractivity contribution in [3.05, 3.63) is 0 Å². The first kappa shape index (κ1) is 23.3. The third kappa shape index (κ3) is 109. The molecule has 2 N–H and O–H groups in total. The van der Waals surface area contributed by atoms with Crippen molar-refractivity contribution in [2.45, 2.75) is 6.92 Å². The molecule has 5 nitrogen and oxygen atoms in total. The van der Waals surface area contributed by atoms with Crippen LogP contribution in [0.15, 0.2) is 0 Å². The van der Waals surface area contributed by atoms with Gasteiger partial charge in [0.2, 0.25) is 0 Å². The number of rotatable bonds is 0. The Morgan fingerprint density at radius 3 is 1.40 bits per heavy atom. The van der Waals surface area contributed by atoms with E-state index >= 15 is 0 Å². The Kier molecular flexibility index (Phi) is 34.6. The van der Waals surface area contributed by atoms with E-state index in [9.17, 15) is 0 Å². The van der Waals surface area contributed by atoms with Gasteiger partial charge in [0.25, 0.3) is 7.82 Å². The molecular weight excluding hydrogens is 213 g/mol. The molecule has 0 spiro atoms. The van der Waals surface area contributed by atoms with Gasteiger partial charge in [0.05, 0.1) is 0 Å². The summed E-state index contributed by atoms with van der Waals surface area (Å²) in [4.78, 5) is 22.9. The molecule has 0 bridgehead atoms. The van der Waals surface area contributed by atoms with E-state index in [4.69, 9.17) is 24.4 Å². The summed E-state index contributed by atoms with van der Waals surface area (Å²) in [6.07, 6.45) is 0. The van der Waals surface area contributed by atoms with Gasteiger partial charge in [-0.05, 0) is 0 Å². The van der Waals surface area contributed by atoms with Crippen molar-refractivity contribution in [2.24, 2.45) is 0 Å². The molecule has 0 aromatic carbocycles. The van der Waals surface area contributed by atoms with E-state index in [-0.39, 0.29) is 109 Å². The van der Waals surface area contributed by atoms with E-state index in [0.29, 0.717) is 0 Å². The van der Waals surface area contributed by atoms with Crippen LogP contribution >= 0.6 is 7.82 Å². The van der Waals surface area contributed by atoms with Gasteiger partial charge in [-0.2, -0.15) is 0 Å². The summed E-state index contributed by atoms with van der Waals surface area (Å²) in [5.74, 6) is 0. The van der Waals surface area contributed by atoms with E-state index in [0.717, 1.165) is 0 Å². The van der Waals surface area contributed by atoms with Gasteiger partial charge >= 0.3 is 103 Å². The van der Waals surface area contributed by atoms with Crippen LogP contribution in [0.1, 0.15) is 6.92 Å². The molecule has 0 unspecified atom stereocenters. The normalized spacial score (nSPS) is 7.70. The van der Waals surface area contributed by atoms with Crippen LogP contribution in [0.3, 0.4) is 0 Å². The van der Waals surface area contributed by atoms with Gasteiger partial charge in [0.15, 0.2) is 0 Å². The molecule has 0 heterocycles. The number of phosphoric acid groups is 1. The van der Waals surface area contributed by atoms with Gasteiger partial charge in [-0.3, -0.25) is 4.57 Å². The third-order valence-corrected chi connectivity index (χ3v) is 0. The zero-order valence-electron chi connectivity index (χ0n) is 6.27. The maximum absolute atomic E-state index is 8.93. The maximum atomic E-state index is 8.93. The second kappa shape index (κ2) is 14.8. The van der Waals surface area contributed by atoms with Gasteiger partial charge in [0.1, 0.15) is 0 Å². The van der Waals surface area contributed by atoms with Gasteiger partial charge in [0, 0.05) is 0 Å². The average Bonchev–Trinajstić information content (AvgIpc) is 1.27. The van der Waals surface area contributed by atoms with Crippen LogP contribution in [-0.2, 0) is 4.57 Å². The SMILES string of the molecule is CC[O-].O=P([O-])(O)O.[K+].[K+]. The standard InChI is InChI=1S/C2H5O.2K.H3O4P/c1-2-3;;;1-5(2,3)4/h2H2,1H3;;;(H3,1,2,3,4)/q-1;2*+1;/p-1. The minimum Gasteiger partial charge on any atom is -0.855 e. The molecule has 0 amide bonds. The first-order chi connectivity index (χ1) is 3.41. The van der Waals surface area contributed by atoms with Gasteiger partial charge in [-0.25, -0.2) is 0 Å². The molecular formula is C2H7K2O5P. The Morgan fingerprint density at radius 1 is 1.40 bits per heavy atom. The average molecular weight is 220 g/mol. The maximum Gasteiger partial charge on any atom is 1.00 e. The van der Waals surface area contributed by atoms with Crippen LogP contribution in [0.5, 0.6) is 0 Å². The molecule has 0 aromatic rings. The molecule has 0 saturated heterocycles. The Labute approximate surface area is 145 Å². The zero-order chi connectivity index (χ0) is 7.21. The van der Waals surface area contributed by atoms with Crippen molar-refractivity contribution in [2.75, 3.05) is 6.61 Å². The molecule has 0 saturated carbocycles. The molecule has 0 aromatic heterocycles. The molecule has 10 heavy (non-hydrogen) atoms. The van der Waals surface area contributed by atoms with Crippen LogP contribution in [0.2, 0.25) is 0 Å². The van der Waals surface area contributed by atoms with E-state index in [2.05, 4.69) is 0 Å². The van der Waals surface area contributed by atoms with Crippen molar-refractivity contribution in [3.8, 4) is 0 Å². The first-order valence-electron chi connectivity index (χ1n) is 1.76. The summed E-state index contributed by atoms with van der Waals surface area (Å²) in [6, 6.07) is 0. The Balaban J connectivity index is -0.0000000326. The van der Waals surface area contributed by atoms with Gasteiger partial charge in [-0.1, -0.05) is 6.92 Å². The fourth-order valence-electron chi connectivity index (χ4n) is 0.